The molecule has 6 heteroatoms. The minimum absolute atomic E-state index is 0.0850. The number of unbranched alkanes of at least 4 members (excludes halogenated alkanes) is 2. The van der Waals surface area contributed by atoms with Gasteiger partial charge < -0.3 is 19.6 Å². The molecule has 3 aromatic rings. The van der Waals surface area contributed by atoms with Crippen molar-refractivity contribution in [1.82, 2.24) is 5.32 Å². The molecule has 0 atom stereocenters. The number of carboxylic acid groups (broad SMARTS) is 1. The van der Waals surface area contributed by atoms with Crippen LogP contribution in [0.25, 0.3) is 22.3 Å². The van der Waals surface area contributed by atoms with E-state index in [4.69, 9.17) is 14.3 Å². The van der Waals surface area contributed by atoms with Crippen LogP contribution >= 0.6 is 0 Å². The van der Waals surface area contributed by atoms with Crippen LogP contribution in [0.15, 0.2) is 52.9 Å². The number of benzene rings is 2. The zero-order valence-corrected chi connectivity index (χ0v) is 17.1. The van der Waals surface area contributed by atoms with Crippen LogP contribution in [0, 0.1) is 0 Å². The number of fused-ring (bicyclic) bond motifs is 1. The second kappa shape index (κ2) is 10.5. The quantitative estimate of drug-likeness (QED) is 0.422. The highest BCUT2D eigenvalue weighted by Gasteiger charge is 2.13. The largest absolute Gasteiger partial charge is 0.493 e. The molecule has 0 aliphatic heterocycles. The monoisotopic (exact) mass is 409 g/mol. The molecule has 2 aromatic carbocycles. The van der Waals surface area contributed by atoms with Crippen LogP contribution < -0.4 is 10.1 Å². The summed E-state index contributed by atoms with van der Waals surface area (Å²) in [5.74, 6) is 0.466. The summed E-state index contributed by atoms with van der Waals surface area (Å²) in [7, 11) is 0. The number of nitrogens with one attached hydrogen (secondary N) is 1. The van der Waals surface area contributed by atoms with E-state index in [1.807, 2.05) is 42.5 Å². The van der Waals surface area contributed by atoms with Gasteiger partial charge in [-0.05, 0) is 55.7 Å². The number of aliphatic carboxylic acids is 1. The molecule has 1 aromatic heterocycles. The van der Waals surface area contributed by atoms with Crippen molar-refractivity contribution in [2.45, 2.75) is 39.0 Å². The molecular formula is C24H27NO5. The molecule has 0 bridgehead atoms. The highest BCUT2D eigenvalue weighted by molar-refractivity contribution is 5.98. The fourth-order valence-corrected chi connectivity index (χ4v) is 3.15. The van der Waals surface area contributed by atoms with Crippen molar-refractivity contribution in [3.05, 3.63) is 54.1 Å². The van der Waals surface area contributed by atoms with Crippen LogP contribution in [-0.4, -0.2) is 30.1 Å². The summed E-state index contributed by atoms with van der Waals surface area (Å²) >= 11 is 0. The van der Waals surface area contributed by atoms with Gasteiger partial charge in [0.25, 0.3) is 5.91 Å². The van der Waals surface area contributed by atoms with Gasteiger partial charge in [0.15, 0.2) is 0 Å². The minimum Gasteiger partial charge on any atom is -0.493 e. The number of carbonyl (C=O) groups is 2. The lowest BCUT2D eigenvalue weighted by Crippen LogP contribution is -2.24. The first-order valence-electron chi connectivity index (χ1n) is 10.3. The van der Waals surface area contributed by atoms with Gasteiger partial charge >= 0.3 is 5.97 Å². The lowest BCUT2D eigenvalue weighted by molar-refractivity contribution is -0.137. The molecule has 30 heavy (non-hydrogen) atoms. The fourth-order valence-electron chi connectivity index (χ4n) is 3.15. The Labute approximate surface area is 175 Å². The zero-order chi connectivity index (χ0) is 21.3. The number of para-hydroxylation sites is 1. The highest BCUT2D eigenvalue weighted by Crippen LogP contribution is 2.34. The first-order valence-corrected chi connectivity index (χ1v) is 10.3. The predicted molar refractivity (Wildman–Crippen MR) is 116 cm³/mol. The van der Waals surface area contributed by atoms with Gasteiger partial charge in [-0.15, -0.1) is 0 Å². The van der Waals surface area contributed by atoms with Crippen LogP contribution in [0.5, 0.6) is 5.75 Å². The van der Waals surface area contributed by atoms with E-state index in [1.165, 1.54) is 0 Å². The third-order valence-corrected chi connectivity index (χ3v) is 4.79. The number of hydrogen-bond acceptors (Lipinski definition) is 4. The van der Waals surface area contributed by atoms with Gasteiger partial charge in [0.1, 0.15) is 17.1 Å². The second-order valence-corrected chi connectivity index (χ2v) is 7.17. The van der Waals surface area contributed by atoms with Crippen LogP contribution in [0.4, 0.5) is 0 Å². The highest BCUT2D eigenvalue weighted by atomic mass is 16.5. The number of furan rings is 1. The van der Waals surface area contributed by atoms with Gasteiger partial charge in [-0.25, -0.2) is 0 Å². The molecule has 0 spiro atoms. The Morgan fingerprint density at radius 1 is 1.07 bits per heavy atom. The molecule has 0 saturated carbocycles. The average Bonchev–Trinajstić information content (AvgIpc) is 3.17. The molecule has 0 fully saturated rings. The van der Waals surface area contributed by atoms with Crippen LogP contribution in [-0.2, 0) is 4.79 Å². The van der Waals surface area contributed by atoms with Crippen molar-refractivity contribution >= 4 is 22.8 Å². The summed E-state index contributed by atoms with van der Waals surface area (Å²) in [6.45, 7) is 3.19. The molecule has 158 valence electrons. The summed E-state index contributed by atoms with van der Waals surface area (Å²) < 4.78 is 11.9. The summed E-state index contributed by atoms with van der Waals surface area (Å²) in [5, 5.41) is 12.5. The molecule has 1 heterocycles. The molecule has 6 nitrogen and oxygen atoms in total. The second-order valence-electron chi connectivity index (χ2n) is 7.17. The van der Waals surface area contributed by atoms with Gasteiger partial charge in [-0.3, -0.25) is 9.59 Å². The first-order chi connectivity index (χ1) is 14.6. The molecule has 0 aliphatic carbocycles. The molecule has 0 unspecified atom stereocenters. The van der Waals surface area contributed by atoms with Crippen molar-refractivity contribution in [3.8, 4) is 17.1 Å². The Bertz CT molecular complexity index is 1010. The van der Waals surface area contributed by atoms with E-state index in [9.17, 15) is 9.59 Å². The number of hydrogen-bond donors (Lipinski definition) is 2. The van der Waals surface area contributed by atoms with Gasteiger partial charge in [0.2, 0.25) is 0 Å². The smallest absolute Gasteiger partial charge is 0.303 e. The van der Waals surface area contributed by atoms with Gasteiger partial charge in [-0.2, -0.15) is 0 Å². The number of ether oxygens (including phenoxy) is 1. The van der Waals surface area contributed by atoms with Gasteiger partial charge in [0.05, 0.1) is 12.2 Å². The van der Waals surface area contributed by atoms with Crippen molar-refractivity contribution < 1.29 is 23.8 Å². The SMILES string of the molecule is CCCCNC(=O)c1ccc2oc(-c3ccccc3OCCCCC(=O)O)cc2c1. The van der Waals surface area contributed by atoms with Crippen LogP contribution in [0.2, 0.25) is 0 Å². The zero-order valence-electron chi connectivity index (χ0n) is 17.1. The van der Waals surface area contributed by atoms with E-state index >= 15 is 0 Å². The minimum atomic E-state index is -0.795. The van der Waals surface area contributed by atoms with Crippen molar-refractivity contribution in [1.29, 1.82) is 0 Å². The Morgan fingerprint density at radius 3 is 2.70 bits per heavy atom. The maximum Gasteiger partial charge on any atom is 0.303 e. The van der Waals surface area contributed by atoms with E-state index in [0.717, 1.165) is 23.8 Å². The normalized spacial score (nSPS) is 10.8. The lowest BCUT2D eigenvalue weighted by atomic mass is 10.1. The number of amides is 1. The Morgan fingerprint density at radius 2 is 1.90 bits per heavy atom. The van der Waals surface area contributed by atoms with Crippen LogP contribution in [0.1, 0.15) is 49.4 Å². The Hall–Kier alpha value is -3.28. The summed E-state index contributed by atoms with van der Waals surface area (Å²) in [4.78, 5) is 22.9. The van der Waals surface area contributed by atoms with E-state index in [0.29, 0.717) is 48.6 Å². The molecule has 1 amide bonds. The van der Waals surface area contributed by atoms with Crippen molar-refractivity contribution in [2.75, 3.05) is 13.2 Å². The third kappa shape index (κ3) is 5.63. The Kier molecular flexibility index (Phi) is 7.49. The number of carboxylic acids is 1. The van der Waals surface area contributed by atoms with Crippen molar-refractivity contribution in [2.24, 2.45) is 0 Å². The number of rotatable bonds is 11. The molecular weight excluding hydrogens is 382 g/mol. The first kappa shape index (κ1) is 21.4. The summed E-state index contributed by atoms with van der Waals surface area (Å²) in [5.41, 5.74) is 2.13. The molecule has 2 N–H and O–H groups in total. The van der Waals surface area contributed by atoms with E-state index in [-0.39, 0.29) is 12.3 Å². The van der Waals surface area contributed by atoms with E-state index in [1.54, 1.807) is 6.07 Å². The maximum atomic E-state index is 12.3. The van der Waals surface area contributed by atoms with Crippen molar-refractivity contribution in [3.63, 3.8) is 0 Å². The molecule has 3 rings (SSSR count). The lowest BCUT2D eigenvalue weighted by Gasteiger charge is -2.09. The maximum absolute atomic E-state index is 12.3. The molecule has 0 radical (unpaired) electrons. The van der Waals surface area contributed by atoms with Gasteiger partial charge in [0, 0.05) is 23.9 Å². The van der Waals surface area contributed by atoms with Gasteiger partial charge in [-0.1, -0.05) is 25.5 Å². The number of carbonyl (C=O) groups excluding carboxylic acids is 1. The van der Waals surface area contributed by atoms with E-state index in [2.05, 4.69) is 12.2 Å². The third-order valence-electron chi connectivity index (χ3n) is 4.79. The Balaban J connectivity index is 1.73. The predicted octanol–water partition coefficient (Wildman–Crippen LogP) is 5.26. The molecule has 0 saturated heterocycles. The summed E-state index contributed by atoms with van der Waals surface area (Å²) in [6.07, 6.45) is 3.37. The average molecular weight is 409 g/mol. The topological polar surface area (TPSA) is 88.8 Å². The standard InChI is InChI=1S/C24H27NO5/c1-2-3-13-25-24(28)17-11-12-20-18(15-17)16-22(30-20)19-8-4-5-9-21(19)29-14-7-6-10-23(26)27/h4-5,8-9,11-12,15-16H,2-3,6-7,10,13-14H2,1H3,(H,25,28)(H,26,27). The van der Waals surface area contributed by atoms with E-state index < -0.39 is 5.97 Å². The summed E-state index contributed by atoms with van der Waals surface area (Å²) in [6, 6.07) is 14.9. The fraction of sp³-hybridized carbons (Fsp3) is 0.333. The van der Waals surface area contributed by atoms with Crippen LogP contribution in [0.3, 0.4) is 0 Å². The molecule has 0 aliphatic rings.